The van der Waals surface area contributed by atoms with Crippen LogP contribution in [0.5, 0.6) is 0 Å². The van der Waals surface area contributed by atoms with E-state index >= 15 is 0 Å². The Hall–Kier alpha value is -1.30. The van der Waals surface area contributed by atoms with Crippen LogP contribution in [0.25, 0.3) is 10.6 Å². The van der Waals surface area contributed by atoms with Crippen LogP contribution in [0.1, 0.15) is 11.3 Å². The highest BCUT2D eigenvalue weighted by Crippen LogP contribution is 2.32. The molecule has 2 heterocycles. The number of benzene rings is 1. The van der Waals surface area contributed by atoms with Crippen LogP contribution in [0, 0.1) is 6.92 Å². The molecule has 2 nitrogen and oxygen atoms in total. The van der Waals surface area contributed by atoms with Crippen molar-refractivity contribution in [2.45, 2.75) is 17.6 Å². The van der Waals surface area contributed by atoms with Crippen LogP contribution in [0.2, 0.25) is 0 Å². The number of nitrogen functional groups attached to an aromatic ring is 1. The van der Waals surface area contributed by atoms with Crippen molar-refractivity contribution in [2.75, 3.05) is 5.73 Å². The van der Waals surface area contributed by atoms with Crippen LogP contribution in [0.4, 0.5) is 5.69 Å². The first-order valence-corrected chi connectivity index (χ1v) is 8.99. The summed E-state index contributed by atoms with van der Waals surface area (Å²) in [7, 11) is 0. The number of hydrogen-bond donors (Lipinski definition) is 1. The molecule has 0 spiro atoms. The average Bonchev–Trinajstić information content (AvgIpc) is 3.10. The SMILES string of the molecule is Cc1cccc(SCc2csc(-c3ccsc3)n2)c1N. The van der Waals surface area contributed by atoms with Crippen LogP contribution in [-0.2, 0) is 5.75 Å². The van der Waals surface area contributed by atoms with Crippen molar-refractivity contribution >= 4 is 40.1 Å². The van der Waals surface area contributed by atoms with E-state index < -0.39 is 0 Å². The fraction of sp³-hybridized carbons (Fsp3) is 0.133. The number of thiazole rings is 1. The van der Waals surface area contributed by atoms with E-state index in [1.807, 2.05) is 19.1 Å². The molecule has 0 fully saturated rings. The maximum Gasteiger partial charge on any atom is 0.124 e. The molecular formula is C15H14N2S3. The molecule has 0 aliphatic heterocycles. The standard InChI is InChI=1S/C15H14N2S3/c1-10-3-2-4-13(14(10)16)19-8-12-9-20-15(17-12)11-5-6-18-7-11/h2-7,9H,8,16H2,1H3. The van der Waals surface area contributed by atoms with Crippen molar-refractivity contribution in [3.63, 3.8) is 0 Å². The van der Waals surface area contributed by atoms with Gasteiger partial charge >= 0.3 is 0 Å². The summed E-state index contributed by atoms with van der Waals surface area (Å²) in [6, 6.07) is 8.26. The van der Waals surface area contributed by atoms with Gasteiger partial charge in [-0.05, 0) is 30.0 Å². The number of rotatable bonds is 4. The molecule has 0 saturated heterocycles. The number of nitrogens with zero attached hydrogens (tertiary/aromatic N) is 1. The second kappa shape index (κ2) is 5.99. The Bertz CT molecular complexity index is 702. The number of para-hydroxylation sites is 1. The fourth-order valence-electron chi connectivity index (χ4n) is 1.82. The number of nitrogens with two attached hydrogens (primary N) is 1. The molecule has 20 heavy (non-hydrogen) atoms. The fourth-order valence-corrected chi connectivity index (χ4v) is 4.40. The summed E-state index contributed by atoms with van der Waals surface area (Å²) >= 11 is 5.15. The van der Waals surface area contributed by atoms with Gasteiger partial charge in [0.25, 0.3) is 0 Å². The zero-order valence-electron chi connectivity index (χ0n) is 11.0. The minimum atomic E-state index is 0.855. The number of aromatic nitrogens is 1. The van der Waals surface area contributed by atoms with E-state index in [0.29, 0.717) is 0 Å². The largest absolute Gasteiger partial charge is 0.398 e. The summed E-state index contributed by atoms with van der Waals surface area (Å²) in [5.41, 5.74) is 10.4. The summed E-state index contributed by atoms with van der Waals surface area (Å²) in [6.45, 7) is 2.04. The topological polar surface area (TPSA) is 38.9 Å². The minimum Gasteiger partial charge on any atom is -0.398 e. The Kier molecular flexibility index (Phi) is 4.10. The van der Waals surface area contributed by atoms with E-state index in [-0.39, 0.29) is 0 Å². The summed E-state index contributed by atoms with van der Waals surface area (Å²) in [5, 5.41) is 7.44. The van der Waals surface area contributed by atoms with Crippen molar-refractivity contribution in [3.05, 3.63) is 51.7 Å². The molecule has 0 atom stereocenters. The van der Waals surface area contributed by atoms with Gasteiger partial charge in [-0.25, -0.2) is 4.98 Å². The van der Waals surface area contributed by atoms with E-state index in [4.69, 9.17) is 5.73 Å². The predicted octanol–water partition coefficient (Wildman–Crippen LogP) is 5.05. The van der Waals surface area contributed by atoms with Crippen molar-refractivity contribution in [2.24, 2.45) is 0 Å². The number of aryl methyl sites for hydroxylation is 1. The van der Waals surface area contributed by atoms with Gasteiger partial charge in [0.2, 0.25) is 0 Å². The highest BCUT2D eigenvalue weighted by Gasteiger charge is 2.07. The highest BCUT2D eigenvalue weighted by atomic mass is 32.2. The molecule has 0 aliphatic rings. The third kappa shape index (κ3) is 2.90. The van der Waals surface area contributed by atoms with Crippen LogP contribution < -0.4 is 5.73 Å². The molecule has 0 unspecified atom stereocenters. The van der Waals surface area contributed by atoms with Gasteiger partial charge in [0.1, 0.15) is 5.01 Å². The Balaban J connectivity index is 1.71. The normalized spacial score (nSPS) is 10.8. The summed E-state index contributed by atoms with van der Waals surface area (Å²) in [6.07, 6.45) is 0. The Morgan fingerprint density at radius 2 is 2.15 bits per heavy atom. The van der Waals surface area contributed by atoms with Gasteiger partial charge in [0.05, 0.1) is 5.69 Å². The number of hydrogen-bond acceptors (Lipinski definition) is 5. The molecule has 0 radical (unpaired) electrons. The second-order valence-electron chi connectivity index (χ2n) is 4.43. The lowest BCUT2D eigenvalue weighted by atomic mass is 10.2. The van der Waals surface area contributed by atoms with Crippen molar-refractivity contribution in [3.8, 4) is 10.6 Å². The molecule has 2 N–H and O–H groups in total. The van der Waals surface area contributed by atoms with E-state index in [1.165, 1.54) is 5.56 Å². The highest BCUT2D eigenvalue weighted by molar-refractivity contribution is 7.98. The lowest BCUT2D eigenvalue weighted by molar-refractivity contribution is 1.23. The third-order valence-corrected chi connectivity index (χ3v) is 5.71. The summed E-state index contributed by atoms with van der Waals surface area (Å²) in [4.78, 5) is 5.82. The molecule has 5 heteroatoms. The second-order valence-corrected chi connectivity index (χ2v) is 7.09. The van der Waals surface area contributed by atoms with Gasteiger partial charge in [-0.2, -0.15) is 11.3 Å². The molecule has 0 amide bonds. The first-order valence-electron chi connectivity index (χ1n) is 6.19. The van der Waals surface area contributed by atoms with Crippen molar-refractivity contribution in [1.29, 1.82) is 0 Å². The molecule has 0 bridgehead atoms. The monoisotopic (exact) mass is 318 g/mol. The Morgan fingerprint density at radius 3 is 2.95 bits per heavy atom. The first kappa shape index (κ1) is 13.7. The Morgan fingerprint density at radius 1 is 1.25 bits per heavy atom. The number of thiophene rings is 1. The third-order valence-electron chi connectivity index (χ3n) is 2.98. The van der Waals surface area contributed by atoms with E-state index in [2.05, 4.69) is 33.3 Å². The smallest absolute Gasteiger partial charge is 0.124 e. The molecule has 2 aromatic heterocycles. The molecule has 0 aliphatic carbocycles. The number of thioether (sulfide) groups is 1. The lowest BCUT2D eigenvalue weighted by Crippen LogP contribution is -1.92. The summed E-state index contributed by atoms with van der Waals surface area (Å²) < 4.78 is 0. The van der Waals surface area contributed by atoms with Gasteiger partial charge in [-0.3, -0.25) is 0 Å². The van der Waals surface area contributed by atoms with Crippen LogP contribution in [-0.4, -0.2) is 4.98 Å². The molecule has 1 aromatic carbocycles. The van der Waals surface area contributed by atoms with E-state index in [1.54, 1.807) is 34.4 Å². The van der Waals surface area contributed by atoms with Crippen molar-refractivity contribution < 1.29 is 0 Å². The van der Waals surface area contributed by atoms with Crippen molar-refractivity contribution in [1.82, 2.24) is 4.98 Å². The maximum absolute atomic E-state index is 6.09. The van der Waals surface area contributed by atoms with Crippen LogP contribution in [0.15, 0.2) is 45.3 Å². The predicted molar refractivity (Wildman–Crippen MR) is 90.6 cm³/mol. The average molecular weight is 318 g/mol. The number of anilines is 1. The maximum atomic E-state index is 6.09. The molecule has 0 saturated carbocycles. The molecular weight excluding hydrogens is 304 g/mol. The van der Waals surface area contributed by atoms with Gasteiger partial charge in [0, 0.05) is 32.7 Å². The lowest BCUT2D eigenvalue weighted by Gasteiger charge is -2.06. The first-order chi connectivity index (χ1) is 9.74. The summed E-state index contributed by atoms with van der Waals surface area (Å²) in [5.74, 6) is 0.855. The quantitative estimate of drug-likeness (QED) is 0.540. The van der Waals surface area contributed by atoms with E-state index in [9.17, 15) is 0 Å². The minimum absolute atomic E-state index is 0.855. The molecule has 102 valence electrons. The zero-order valence-corrected chi connectivity index (χ0v) is 13.4. The molecule has 3 aromatic rings. The van der Waals surface area contributed by atoms with Gasteiger partial charge in [-0.1, -0.05) is 12.1 Å². The van der Waals surface area contributed by atoms with Gasteiger partial charge < -0.3 is 5.73 Å². The van der Waals surface area contributed by atoms with Crippen LogP contribution >= 0.6 is 34.4 Å². The Labute approximate surface area is 130 Å². The van der Waals surface area contributed by atoms with Crippen LogP contribution in [0.3, 0.4) is 0 Å². The van der Waals surface area contributed by atoms with Gasteiger partial charge in [-0.15, -0.1) is 23.1 Å². The molecule has 3 rings (SSSR count). The zero-order chi connectivity index (χ0) is 13.9. The van der Waals surface area contributed by atoms with Gasteiger partial charge in [0.15, 0.2) is 0 Å². The van der Waals surface area contributed by atoms with E-state index in [0.717, 1.165) is 32.6 Å².